The monoisotopic (exact) mass is 381 g/mol. The smallest absolute Gasteiger partial charge is 0.178 e. The van der Waals surface area contributed by atoms with E-state index in [9.17, 15) is 8.42 Å². The molecule has 0 spiro atoms. The molecule has 1 atom stereocenters. The highest BCUT2D eigenvalue weighted by Gasteiger charge is 2.25. The second kappa shape index (κ2) is 7.68. The van der Waals surface area contributed by atoms with E-state index in [1.807, 2.05) is 0 Å². The number of ether oxygens (including phenoxy) is 1. The van der Waals surface area contributed by atoms with Gasteiger partial charge in [-0.3, -0.25) is 0 Å². The minimum absolute atomic E-state index is 0.0615. The van der Waals surface area contributed by atoms with Crippen molar-refractivity contribution in [2.45, 2.75) is 30.3 Å². The Labute approximate surface area is 152 Å². The maximum Gasteiger partial charge on any atom is 0.178 e. The van der Waals surface area contributed by atoms with E-state index < -0.39 is 9.84 Å². The van der Waals surface area contributed by atoms with Gasteiger partial charge in [-0.05, 0) is 37.6 Å². The maximum absolute atomic E-state index is 12.1. The third kappa shape index (κ3) is 4.68. The first-order valence-corrected chi connectivity index (χ1v) is 10.4. The number of rotatable bonds is 5. The number of nitrogens with one attached hydrogen (secondary N) is 1. The van der Waals surface area contributed by atoms with Crippen molar-refractivity contribution in [1.82, 2.24) is 15.3 Å². The van der Waals surface area contributed by atoms with Gasteiger partial charge in [0, 0.05) is 29.9 Å². The number of nitrogens with zero attached hydrogens (tertiary/aromatic N) is 2. The van der Waals surface area contributed by atoms with Gasteiger partial charge in [-0.15, -0.1) is 0 Å². The molecule has 2 aromatic rings. The Morgan fingerprint density at radius 2 is 2.24 bits per heavy atom. The highest BCUT2D eigenvalue weighted by molar-refractivity contribution is 7.90. The molecule has 1 fully saturated rings. The standard InChI is InChI=1S/C17H20ClN3O3S/c1-25(22,23)15-10-20-16(11-24-14-6-2-5-13(18)8-14)21-17(15)12-4-3-7-19-9-12/h2,5-6,8,10,12,19H,3-4,7,9,11H2,1H3/t12-/m0/s1. The van der Waals surface area contributed by atoms with Crippen molar-refractivity contribution in [3.05, 3.63) is 47.0 Å². The molecule has 0 saturated carbocycles. The molecule has 0 unspecified atom stereocenters. The van der Waals surface area contributed by atoms with Gasteiger partial charge in [0.15, 0.2) is 15.7 Å². The van der Waals surface area contributed by atoms with Crippen LogP contribution in [-0.2, 0) is 16.4 Å². The summed E-state index contributed by atoms with van der Waals surface area (Å²) in [5.41, 5.74) is 0.578. The molecule has 0 amide bonds. The van der Waals surface area contributed by atoms with Gasteiger partial charge < -0.3 is 10.1 Å². The molecule has 1 saturated heterocycles. The van der Waals surface area contributed by atoms with Crippen LogP contribution in [0.2, 0.25) is 5.02 Å². The third-order valence-electron chi connectivity index (χ3n) is 4.08. The summed E-state index contributed by atoms with van der Waals surface area (Å²) in [5.74, 6) is 1.13. The minimum atomic E-state index is -3.38. The lowest BCUT2D eigenvalue weighted by Gasteiger charge is -2.24. The molecule has 25 heavy (non-hydrogen) atoms. The van der Waals surface area contributed by atoms with Crippen molar-refractivity contribution in [2.75, 3.05) is 19.3 Å². The van der Waals surface area contributed by atoms with Crippen LogP contribution >= 0.6 is 11.6 Å². The molecule has 1 aromatic heterocycles. The summed E-state index contributed by atoms with van der Waals surface area (Å²) in [5, 5.41) is 3.88. The predicted octanol–water partition coefficient (Wildman–Crippen LogP) is 2.58. The van der Waals surface area contributed by atoms with Gasteiger partial charge in [0.2, 0.25) is 0 Å². The summed E-state index contributed by atoms with van der Waals surface area (Å²) in [6.07, 6.45) is 4.48. The van der Waals surface area contributed by atoms with E-state index >= 15 is 0 Å². The first kappa shape index (κ1) is 18.1. The largest absolute Gasteiger partial charge is 0.486 e. The fourth-order valence-electron chi connectivity index (χ4n) is 2.86. The Kier molecular flexibility index (Phi) is 5.56. The highest BCUT2D eigenvalue weighted by atomic mass is 35.5. The minimum Gasteiger partial charge on any atom is -0.486 e. The summed E-state index contributed by atoms with van der Waals surface area (Å²) < 4.78 is 29.8. The molecule has 1 aromatic carbocycles. The molecule has 0 bridgehead atoms. The number of hydrogen-bond donors (Lipinski definition) is 1. The van der Waals surface area contributed by atoms with Crippen LogP contribution in [0.1, 0.15) is 30.3 Å². The second-order valence-electron chi connectivity index (χ2n) is 6.10. The molecule has 1 aliphatic rings. The predicted molar refractivity (Wildman–Crippen MR) is 95.8 cm³/mol. The number of hydrogen-bond acceptors (Lipinski definition) is 6. The molecule has 0 radical (unpaired) electrons. The zero-order chi connectivity index (χ0) is 17.9. The zero-order valence-electron chi connectivity index (χ0n) is 13.9. The maximum atomic E-state index is 12.1. The Hall–Kier alpha value is -1.70. The first-order valence-electron chi connectivity index (χ1n) is 8.08. The highest BCUT2D eigenvalue weighted by Crippen LogP contribution is 2.27. The van der Waals surface area contributed by atoms with Crippen LogP contribution in [0.3, 0.4) is 0 Å². The van der Waals surface area contributed by atoms with E-state index in [0.29, 0.717) is 28.8 Å². The van der Waals surface area contributed by atoms with Crippen LogP contribution < -0.4 is 10.1 Å². The first-order chi connectivity index (χ1) is 11.9. The van der Waals surface area contributed by atoms with Gasteiger partial charge in [-0.25, -0.2) is 18.4 Å². The van der Waals surface area contributed by atoms with Crippen molar-refractivity contribution >= 4 is 21.4 Å². The van der Waals surface area contributed by atoms with Gasteiger partial charge in [0.1, 0.15) is 17.3 Å². The summed E-state index contributed by atoms with van der Waals surface area (Å²) >= 11 is 5.94. The molecular formula is C17H20ClN3O3S. The van der Waals surface area contributed by atoms with Crippen molar-refractivity contribution in [3.63, 3.8) is 0 Å². The summed E-state index contributed by atoms with van der Waals surface area (Å²) in [6.45, 7) is 1.81. The van der Waals surface area contributed by atoms with E-state index in [1.165, 1.54) is 12.5 Å². The summed E-state index contributed by atoms with van der Waals surface area (Å²) in [7, 11) is -3.38. The van der Waals surface area contributed by atoms with Gasteiger partial charge in [0.05, 0.1) is 5.69 Å². The Morgan fingerprint density at radius 1 is 1.40 bits per heavy atom. The SMILES string of the molecule is CS(=O)(=O)c1cnc(COc2cccc(Cl)c2)nc1[C@H]1CCCNC1. The van der Waals surface area contributed by atoms with Gasteiger partial charge in [-0.1, -0.05) is 17.7 Å². The summed E-state index contributed by atoms with van der Waals surface area (Å²) in [6, 6.07) is 7.06. The van der Waals surface area contributed by atoms with Crippen LogP contribution in [0.4, 0.5) is 0 Å². The molecule has 8 heteroatoms. The van der Waals surface area contributed by atoms with Gasteiger partial charge in [-0.2, -0.15) is 0 Å². The number of sulfone groups is 1. The van der Waals surface area contributed by atoms with E-state index in [-0.39, 0.29) is 17.4 Å². The fraction of sp³-hybridized carbons (Fsp3) is 0.412. The van der Waals surface area contributed by atoms with Crippen LogP contribution in [0.25, 0.3) is 0 Å². The van der Waals surface area contributed by atoms with E-state index in [1.54, 1.807) is 24.3 Å². The average molecular weight is 382 g/mol. The Balaban J connectivity index is 1.85. The van der Waals surface area contributed by atoms with Crippen LogP contribution in [0.5, 0.6) is 5.75 Å². The molecule has 134 valence electrons. The van der Waals surface area contributed by atoms with Crippen molar-refractivity contribution in [3.8, 4) is 5.75 Å². The second-order valence-corrected chi connectivity index (χ2v) is 8.52. The Bertz CT molecular complexity index is 852. The molecule has 2 heterocycles. The number of benzene rings is 1. The lowest BCUT2D eigenvalue weighted by atomic mass is 9.96. The lowest BCUT2D eigenvalue weighted by molar-refractivity contribution is 0.294. The topological polar surface area (TPSA) is 81.2 Å². The molecule has 6 nitrogen and oxygen atoms in total. The van der Waals surface area contributed by atoms with E-state index in [4.69, 9.17) is 16.3 Å². The van der Waals surface area contributed by atoms with Crippen molar-refractivity contribution < 1.29 is 13.2 Å². The molecule has 1 N–H and O–H groups in total. The van der Waals surface area contributed by atoms with E-state index in [2.05, 4.69) is 15.3 Å². The number of aromatic nitrogens is 2. The summed E-state index contributed by atoms with van der Waals surface area (Å²) in [4.78, 5) is 8.88. The van der Waals surface area contributed by atoms with Crippen LogP contribution in [0.15, 0.2) is 35.4 Å². The zero-order valence-corrected chi connectivity index (χ0v) is 15.5. The van der Waals surface area contributed by atoms with Crippen LogP contribution in [0, 0.1) is 0 Å². The van der Waals surface area contributed by atoms with Gasteiger partial charge >= 0.3 is 0 Å². The average Bonchev–Trinajstić information content (AvgIpc) is 2.60. The number of piperidine rings is 1. The van der Waals surface area contributed by atoms with Gasteiger partial charge in [0.25, 0.3) is 0 Å². The molecule has 1 aliphatic heterocycles. The quantitative estimate of drug-likeness (QED) is 0.857. The lowest BCUT2D eigenvalue weighted by Crippen LogP contribution is -2.30. The normalized spacial score (nSPS) is 18.1. The number of halogens is 1. The van der Waals surface area contributed by atoms with Crippen molar-refractivity contribution in [1.29, 1.82) is 0 Å². The molecular weight excluding hydrogens is 362 g/mol. The third-order valence-corrected chi connectivity index (χ3v) is 5.43. The fourth-order valence-corrected chi connectivity index (χ4v) is 3.88. The molecule has 0 aliphatic carbocycles. The van der Waals surface area contributed by atoms with Crippen LogP contribution in [-0.4, -0.2) is 37.7 Å². The van der Waals surface area contributed by atoms with Crippen molar-refractivity contribution in [2.24, 2.45) is 0 Å². The Morgan fingerprint density at radius 3 is 2.92 bits per heavy atom. The molecule has 3 rings (SSSR count). The van der Waals surface area contributed by atoms with E-state index in [0.717, 1.165) is 19.4 Å².